The Hall–Kier alpha value is -1.62. The average Bonchev–Trinajstić information content (AvgIpc) is 3.13. The molecule has 98 valence electrons. The second-order valence-corrected chi connectivity index (χ2v) is 4.75. The molecule has 5 heteroatoms. The van der Waals surface area contributed by atoms with Crippen molar-refractivity contribution in [3.63, 3.8) is 0 Å². The summed E-state index contributed by atoms with van der Waals surface area (Å²) in [5, 5.41) is 2.91. The third kappa shape index (κ3) is 2.98. The Bertz CT molecular complexity index is 503. The Labute approximate surface area is 106 Å². The molecular weight excluding hydrogens is 230 g/mol. The van der Waals surface area contributed by atoms with Crippen molar-refractivity contribution in [2.24, 2.45) is 5.73 Å². The lowest BCUT2D eigenvalue weighted by Gasteiger charge is -2.11. The monoisotopic (exact) mass is 249 g/mol. The maximum atomic E-state index is 12.0. The van der Waals surface area contributed by atoms with Crippen LogP contribution in [-0.2, 0) is 17.9 Å². The number of hydrogen-bond acceptors (Lipinski definition) is 3. The van der Waals surface area contributed by atoms with Gasteiger partial charge in [0.15, 0.2) is 0 Å². The van der Waals surface area contributed by atoms with E-state index in [1.165, 1.54) is 0 Å². The fourth-order valence-electron chi connectivity index (χ4n) is 1.89. The van der Waals surface area contributed by atoms with Crippen molar-refractivity contribution in [1.29, 1.82) is 0 Å². The molecule has 0 aliphatic heterocycles. The molecule has 1 aromatic heterocycles. The Morgan fingerprint density at radius 1 is 1.50 bits per heavy atom. The summed E-state index contributed by atoms with van der Waals surface area (Å²) < 4.78 is 1.62. The van der Waals surface area contributed by atoms with E-state index in [0.29, 0.717) is 24.6 Å². The van der Waals surface area contributed by atoms with Crippen molar-refractivity contribution < 1.29 is 4.79 Å². The summed E-state index contributed by atoms with van der Waals surface area (Å²) in [4.78, 5) is 23.6. The first-order chi connectivity index (χ1) is 8.61. The average molecular weight is 249 g/mol. The number of rotatable bonds is 5. The first kappa shape index (κ1) is 12.8. The number of nitrogens with two attached hydrogens (primary N) is 1. The fourth-order valence-corrected chi connectivity index (χ4v) is 1.89. The standard InChI is InChI=1S/C13H19N3O2/c1-9-2-3-10(8-14)13(18)16(9)7-6-12(17)15-11-4-5-11/h2-3,11H,4-8,14H2,1H3,(H,15,17). The maximum absolute atomic E-state index is 12.0. The minimum atomic E-state index is -0.0864. The molecule has 1 fully saturated rings. The van der Waals surface area contributed by atoms with E-state index in [9.17, 15) is 9.59 Å². The predicted octanol–water partition coefficient (Wildman–Crippen LogP) is 0.284. The summed E-state index contributed by atoms with van der Waals surface area (Å²) in [7, 11) is 0. The molecule has 0 unspecified atom stereocenters. The van der Waals surface area contributed by atoms with Gasteiger partial charge in [0.25, 0.3) is 5.56 Å². The highest BCUT2D eigenvalue weighted by molar-refractivity contribution is 5.76. The van der Waals surface area contributed by atoms with Gasteiger partial charge in [-0.3, -0.25) is 9.59 Å². The Kier molecular flexibility index (Phi) is 3.81. The highest BCUT2D eigenvalue weighted by Gasteiger charge is 2.22. The number of hydrogen-bond donors (Lipinski definition) is 2. The molecule has 0 saturated heterocycles. The molecule has 1 amide bonds. The maximum Gasteiger partial charge on any atom is 0.255 e. The van der Waals surface area contributed by atoms with E-state index in [0.717, 1.165) is 18.5 Å². The van der Waals surface area contributed by atoms with Gasteiger partial charge < -0.3 is 15.6 Å². The Balaban J connectivity index is 2.03. The van der Waals surface area contributed by atoms with Crippen molar-refractivity contribution in [3.05, 3.63) is 33.7 Å². The third-order valence-electron chi connectivity index (χ3n) is 3.20. The summed E-state index contributed by atoms with van der Waals surface area (Å²) in [6, 6.07) is 3.98. The lowest BCUT2D eigenvalue weighted by atomic mass is 10.2. The molecule has 3 N–H and O–H groups in total. The number of carbonyl (C=O) groups is 1. The van der Waals surface area contributed by atoms with Gasteiger partial charge in [0.05, 0.1) is 0 Å². The van der Waals surface area contributed by atoms with Crippen LogP contribution in [0.1, 0.15) is 30.5 Å². The molecule has 0 spiro atoms. The highest BCUT2D eigenvalue weighted by Crippen LogP contribution is 2.18. The normalized spacial score (nSPS) is 14.6. The number of aromatic nitrogens is 1. The zero-order chi connectivity index (χ0) is 13.1. The molecule has 2 rings (SSSR count). The predicted molar refractivity (Wildman–Crippen MR) is 69.1 cm³/mol. The van der Waals surface area contributed by atoms with Gasteiger partial charge in [0.1, 0.15) is 0 Å². The Morgan fingerprint density at radius 3 is 2.83 bits per heavy atom. The van der Waals surface area contributed by atoms with Crippen LogP contribution in [0, 0.1) is 6.92 Å². The molecule has 1 aliphatic carbocycles. The van der Waals surface area contributed by atoms with Crippen LogP contribution in [0.25, 0.3) is 0 Å². The molecule has 0 bridgehead atoms. The van der Waals surface area contributed by atoms with Crippen molar-refractivity contribution in [3.8, 4) is 0 Å². The number of aryl methyl sites for hydroxylation is 1. The number of nitrogens with zero attached hydrogens (tertiary/aromatic N) is 1. The quantitative estimate of drug-likeness (QED) is 0.787. The van der Waals surface area contributed by atoms with Gasteiger partial charge in [-0.2, -0.15) is 0 Å². The first-order valence-electron chi connectivity index (χ1n) is 6.30. The molecule has 18 heavy (non-hydrogen) atoms. The smallest absolute Gasteiger partial charge is 0.255 e. The van der Waals surface area contributed by atoms with Crippen LogP contribution in [0.4, 0.5) is 0 Å². The second kappa shape index (κ2) is 5.35. The van der Waals surface area contributed by atoms with Crippen LogP contribution in [0.5, 0.6) is 0 Å². The summed E-state index contributed by atoms with van der Waals surface area (Å²) in [5.74, 6) is 0.0157. The van der Waals surface area contributed by atoms with Crippen LogP contribution in [0.2, 0.25) is 0 Å². The van der Waals surface area contributed by atoms with Crippen molar-refractivity contribution >= 4 is 5.91 Å². The summed E-state index contributed by atoms with van der Waals surface area (Å²) in [5.41, 5.74) is 6.86. The second-order valence-electron chi connectivity index (χ2n) is 4.75. The van der Waals surface area contributed by atoms with E-state index < -0.39 is 0 Å². The third-order valence-corrected chi connectivity index (χ3v) is 3.20. The van der Waals surface area contributed by atoms with Crippen LogP contribution in [0.3, 0.4) is 0 Å². The summed E-state index contributed by atoms with van der Waals surface area (Å²) in [6.45, 7) is 2.50. The van der Waals surface area contributed by atoms with Crippen molar-refractivity contribution in [1.82, 2.24) is 9.88 Å². The van der Waals surface area contributed by atoms with Gasteiger partial charge in [-0.15, -0.1) is 0 Å². The number of amides is 1. The zero-order valence-electron chi connectivity index (χ0n) is 10.6. The first-order valence-corrected chi connectivity index (χ1v) is 6.30. The molecule has 1 saturated carbocycles. The minimum absolute atomic E-state index is 0.0157. The van der Waals surface area contributed by atoms with Crippen LogP contribution in [0.15, 0.2) is 16.9 Å². The van der Waals surface area contributed by atoms with Gasteiger partial charge in [-0.1, -0.05) is 6.07 Å². The zero-order valence-corrected chi connectivity index (χ0v) is 10.6. The van der Waals surface area contributed by atoms with E-state index in [-0.39, 0.29) is 18.0 Å². The molecule has 1 aliphatic rings. The van der Waals surface area contributed by atoms with E-state index in [1.54, 1.807) is 10.6 Å². The molecule has 5 nitrogen and oxygen atoms in total. The Morgan fingerprint density at radius 2 is 2.22 bits per heavy atom. The molecule has 0 aromatic carbocycles. The fraction of sp³-hybridized carbons (Fsp3) is 0.538. The van der Waals surface area contributed by atoms with Crippen LogP contribution in [-0.4, -0.2) is 16.5 Å². The van der Waals surface area contributed by atoms with Crippen molar-refractivity contribution in [2.45, 2.75) is 45.3 Å². The lowest BCUT2D eigenvalue weighted by molar-refractivity contribution is -0.121. The number of nitrogens with one attached hydrogen (secondary N) is 1. The van der Waals surface area contributed by atoms with Gasteiger partial charge in [0, 0.05) is 36.8 Å². The van der Waals surface area contributed by atoms with E-state index in [1.807, 2.05) is 13.0 Å². The van der Waals surface area contributed by atoms with Gasteiger partial charge in [-0.25, -0.2) is 0 Å². The van der Waals surface area contributed by atoms with Crippen LogP contribution < -0.4 is 16.6 Å². The SMILES string of the molecule is Cc1ccc(CN)c(=O)n1CCC(=O)NC1CC1. The van der Waals surface area contributed by atoms with Gasteiger partial charge >= 0.3 is 0 Å². The number of carbonyl (C=O) groups excluding carboxylic acids is 1. The minimum Gasteiger partial charge on any atom is -0.353 e. The van der Waals surface area contributed by atoms with Gasteiger partial charge in [0.2, 0.25) is 5.91 Å². The molecular formula is C13H19N3O2. The largest absolute Gasteiger partial charge is 0.353 e. The summed E-state index contributed by atoms with van der Waals surface area (Å²) >= 11 is 0. The van der Waals surface area contributed by atoms with Gasteiger partial charge in [-0.05, 0) is 25.8 Å². The number of pyridine rings is 1. The van der Waals surface area contributed by atoms with E-state index in [4.69, 9.17) is 5.73 Å². The van der Waals surface area contributed by atoms with Crippen LogP contribution >= 0.6 is 0 Å². The van der Waals surface area contributed by atoms with E-state index in [2.05, 4.69) is 5.32 Å². The van der Waals surface area contributed by atoms with E-state index >= 15 is 0 Å². The summed E-state index contributed by atoms with van der Waals surface area (Å²) in [6.07, 6.45) is 2.49. The topological polar surface area (TPSA) is 77.1 Å². The lowest BCUT2D eigenvalue weighted by Crippen LogP contribution is -2.31. The van der Waals surface area contributed by atoms with Crippen molar-refractivity contribution in [2.75, 3.05) is 0 Å². The molecule has 0 atom stereocenters. The molecule has 1 heterocycles. The highest BCUT2D eigenvalue weighted by atomic mass is 16.2. The molecule has 1 aromatic rings. The molecule has 0 radical (unpaired) electrons.